The van der Waals surface area contributed by atoms with E-state index in [0.717, 1.165) is 12.8 Å². The number of carbonyl (C=O) groups excluding carboxylic acids is 1. The summed E-state index contributed by atoms with van der Waals surface area (Å²) in [4.78, 5) is 12.4. The summed E-state index contributed by atoms with van der Waals surface area (Å²) in [5, 5.41) is 3.67. The molecule has 1 amide bonds. The van der Waals surface area contributed by atoms with Crippen molar-refractivity contribution in [1.29, 1.82) is 0 Å². The number of amides is 1. The van der Waals surface area contributed by atoms with Gasteiger partial charge >= 0.3 is 0 Å². The van der Waals surface area contributed by atoms with Gasteiger partial charge in [-0.25, -0.2) is 17.1 Å². The molecule has 0 saturated carbocycles. The van der Waals surface area contributed by atoms with Gasteiger partial charge in [-0.05, 0) is 61.1 Å². The Bertz CT molecular complexity index is 941. The average Bonchev–Trinajstić information content (AvgIpc) is 2.74. The normalized spacial score (nSPS) is 15.8. The second-order valence-electron chi connectivity index (χ2n) is 7.58. The van der Waals surface area contributed by atoms with Gasteiger partial charge in [-0.3, -0.25) is 4.79 Å². The minimum Gasteiger partial charge on any atom is -0.356 e. The molecule has 0 bridgehead atoms. The van der Waals surface area contributed by atoms with Crippen LogP contribution in [0.25, 0.3) is 0 Å². The van der Waals surface area contributed by atoms with Crippen molar-refractivity contribution in [3.8, 4) is 0 Å². The van der Waals surface area contributed by atoms with Gasteiger partial charge in [0, 0.05) is 30.6 Å². The van der Waals surface area contributed by atoms with E-state index in [2.05, 4.69) is 5.32 Å². The Hall–Kier alpha value is -1.96. The van der Waals surface area contributed by atoms with Crippen molar-refractivity contribution in [3.05, 3.63) is 70.5 Å². The number of aryl methyl sites for hydroxylation is 1. The highest BCUT2D eigenvalue weighted by atomic mass is 35.5. The number of hydrogen-bond acceptors (Lipinski definition) is 3. The Morgan fingerprint density at radius 3 is 2.27 bits per heavy atom. The van der Waals surface area contributed by atoms with Crippen LogP contribution < -0.4 is 5.32 Å². The molecular weight excluding hydrogens is 427 g/mol. The number of nitrogens with zero attached hydrogens (tertiary/aromatic N) is 1. The molecule has 1 aliphatic rings. The van der Waals surface area contributed by atoms with Crippen molar-refractivity contribution < 1.29 is 17.6 Å². The molecule has 0 spiro atoms. The number of benzene rings is 2. The van der Waals surface area contributed by atoms with Crippen LogP contribution in [0.4, 0.5) is 4.39 Å². The van der Waals surface area contributed by atoms with Crippen molar-refractivity contribution in [3.63, 3.8) is 0 Å². The summed E-state index contributed by atoms with van der Waals surface area (Å²) >= 11 is 5.87. The molecule has 2 aromatic rings. The number of rotatable bonds is 8. The van der Waals surface area contributed by atoms with Crippen molar-refractivity contribution in [1.82, 2.24) is 9.62 Å². The second-order valence-corrected chi connectivity index (χ2v) is 9.98. The lowest BCUT2D eigenvalue weighted by atomic mass is 9.97. The maximum atomic E-state index is 13.0. The van der Waals surface area contributed by atoms with Gasteiger partial charge < -0.3 is 5.32 Å². The summed E-state index contributed by atoms with van der Waals surface area (Å²) in [6.45, 7) is 1.24. The molecule has 3 rings (SSSR count). The van der Waals surface area contributed by atoms with Crippen molar-refractivity contribution in [2.45, 2.75) is 31.4 Å². The highest BCUT2D eigenvalue weighted by Gasteiger charge is 2.31. The van der Waals surface area contributed by atoms with E-state index in [1.165, 1.54) is 34.1 Å². The minimum atomic E-state index is -3.48. The van der Waals surface area contributed by atoms with Crippen LogP contribution in [0, 0.1) is 11.7 Å². The number of hydrogen-bond donors (Lipinski definition) is 1. The molecule has 1 saturated heterocycles. The molecule has 0 unspecified atom stereocenters. The highest BCUT2D eigenvalue weighted by molar-refractivity contribution is 7.88. The first-order valence-electron chi connectivity index (χ1n) is 10.1. The van der Waals surface area contributed by atoms with E-state index in [1.54, 1.807) is 0 Å². The molecular formula is C22H26ClFN2O3S. The number of piperidine rings is 1. The number of halogens is 2. The summed E-state index contributed by atoms with van der Waals surface area (Å²) in [5.74, 6) is -0.731. The largest absolute Gasteiger partial charge is 0.356 e. The van der Waals surface area contributed by atoms with Gasteiger partial charge in [0.05, 0.1) is 5.75 Å². The van der Waals surface area contributed by atoms with Crippen molar-refractivity contribution >= 4 is 27.5 Å². The average molecular weight is 453 g/mol. The molecule has 2 aromatic carbocycles. The highest BCUT2D eigenvalue weighted by Crippen LogP contribution is 2.22. The summed E-state index contributed by atoms with van der Waals surface area (Å²) < 4.78 is 39.6. The van der Waals surface area contributed by atoms with Crippen LogP contribution in [0.1, 0.15) is 30.4 Å². The zero-order valence-corrected chi connectivity index (χ0v) is 18.3. The van der Waals surface area contributed by atoms with Gasteiger partial charge in [-0.15, -0.1) is 0 Å². The number of nitrogens with one attached hydrogen (secondary N) is 1. The molecule has 162 valence electrons. The maximum absolute atomic E-state index is 13.0. The first-order chi connectivity index (χ1) is 14.3. The first-order valence-corrected chi connectivity index (χ1v) is 12.1. The molecule has 0 radical (unpaired) electrons. The Labute approximate surface area is 182 Å². The van der Waals surface area contributed by atoms with Crippen LogP contribution in [0.2, 0.25) is 5.02 Å². The van der Waals surface area contributed by atoms with E-state index in [9.17, 15) is 17.6 Å². The fraction of sp³-hybridized carbons (Fsp3) is 0.409. The van der Waals surface area contributed by atoms with E-state index in [1.807, 2.05) is 24.3 Å². The predicted molar refractivity (Wildman–Crippen MR) is 116 cm³/mol. The van der Waals surface area contributed by atoms with Crippen LogP contribution in [0.15, 0.2) is 48.5 Å². The van der Waals surface area contributed by atoms with E-state index in [4.69, 9.17) is 11.6 Å². The zero-order chi connectivity index (χ0) is 21.6. The molecule has 1 N–H and O–H groups in total. The molecule has 8 heteroatoms. The van der Waals surface area contributed by atoms with Gasteiger partial charge in [0.15, 0.2) is 0 Å². The molecule has 0 atom stereocenters. The van der Waals surface area contributed by atoms with Crippen molar-refractivity contribution in [2.24, 2.45) is 5.92 Å². The standard InChI is InChI=1S/C22H26ClFN2O3S/c23-20-7-3-17(4-8-20)2-1-13-25-22(27)19-11-14-26(15-12-19)30(28,29)16-18-5-9-21(24)10-6-18/h3-10,19H,1-2,11-16H2,(H,25,27). The molecule has 0 aliphatic carbocycles. The molecule has 30 heavy (non-hydrogen) atoms. The first kappa shape index (κ1) is 22.7. The van der Waals surface area contributed by atoms with E-state index in [-0.39, 0.29) is 17.6 Å². The monoisotopic (exact) mass is 452 g/mol. The van der Waals surface area contributed by atoms with Gasteiger partial charge in [-0.2, -0.15) is 0 Å². The fourth-order valence-electron chi connectivity index (χ4n) is 3.58. The fourth-order valence-corrected chi connectivity index (χ4v) is 5.27. The maximum Gasteiger partial charge on any atom is 0.223 e. The van der Waals surface area contributed by atoms with Gasteiger partial charge in [-0.1, -0.05) is 35.9 Å². The van der Waals surface area contributed by atoms with Crippen LogP contribution in [-0.2, 0) is 27.0 Å². The molecule has 1 heterocycles. The Balaban J connectivity index is 1.40. The third-order valence-corrected chi connectivity index (χ3v) is 7.44. The summed E-state index contributed by atoms with van der Waals surface area (Å²) in [5.41, 5.74) is 1.73. The van der Waals surface area contributed by atoms with E-state index in [0.29, 0.717) is 43.1 Å². The minimum absolute atomic E-state index is 0.0123. The van der Waals surface area contributed by atoms with Gasteiger partial charge in [0.25, 0.3) is 0 Å². The quantitative estimate of drug-likeness (QED) is 0.620. The SMILES string of the molecule is O=C(NCCCc1ccc(Cl)cc1)C1CCN(S(=O)(=O)Cc2ccc(F)cc2)CC1. The van der Waals surface area contributed by atoms with Crippen LogP contribution in [-0.4, -0.2) is 38.3 Å². The Morgan fingerprint density at radius 2 is 1.63 bits per heavy atom. The van der Waals surface area contributed by atoms with Crippen molar-refractivity contribution in [2.75, 3.05) is 19.6 Å². The lowest BCUT2D eigenvalue weighted by Crippen LogP contribution is -2.43. The summed E-state index contributed by atoms with van der Waals surface area (Å²) in [6, 6.07) is 13.1. The van der Waals surface area contributed by atoms with Crippen LogP contribution >= 0.6 is 11.6 Å². The van der Waals surface area contributed by atoms with Crippen LogP contribution in [0.5, 0.6) is 0 Å². The van der Waals surface area contributed by atoms with E-state index >= 15 is 0 Å². The van der Waals surface area contributed by atoms with Gasteiger partial charge in [0.2, 0.25) is 15.9 Å². The zero-order valence-electron chi connectivity index (χ0n) is 16.7. The number of sulfonamides is 1. The Kier molecular flexibility index (Phi) is 7.86. The number of carbonyl (C=O) groups is 1. The topological polar surface area (TPSA) is 66.5 Å². The summed E-state index contributed by atoms with van der Waals surface area (Å²) in [7, 11) is -3.48. The molecule has 1 aliphatic heterocycles. The summed E-state index contributed by atoms with van der Waals surface area (Å²) in [6.07, 6.45) is 2.70. The second kappa shape index (κ2) is 10.4. The smallest absolute Gasteiger partial charge is 0.223 e. The third-order valence-electron chi connectivity index (χ3n) is 5.34. The molecule has 0 aromatic heterocycles. The third kappa shape index (κ3) is 6.52. The predicted octanol–water partition coefficient (Wildman–Crippen LogP) is 3.77. The van der Waals surface area contributed by atoms with E-state index < -0.39 is 15.8 Å². The lowest BCUT2D eigenvalue weighted by molar-refractivity contribution is -0.126. The van der Waals surface area contributed by atoms with Gasteiger partial charge in [0.1, 0.15) is 5.82 Å². The Morgan fingerprint density at radius 1 is 1.03 bits per heavy atom. The molecule has 5 nitrogen and oxygen atoms in total. The molecule has 1 fully saturated rings. The van der Waals surface area contributed by atoms with Crippen LogP contribution in [0.3, 0.4) is 0 Å². The lowest BCUT2D eigenvalue weighted by Gasteiger charge is -2.30.